The minimum atomic E-state index is -0.496. The van der Waals surface area contributed by atoms with Gasteiger partial charge in [-0.15, -0.1) is 0 Å². The van der Waals surface area contributed by atoms with Gasteiger partial charge in [0.2, 0.25) is 0 Å². The van der Waals surface area contributed by atoms with Gasteiger partial charge in [0.1, 0.15) is 5.82 Å². The van der Waals surface area contributed by atoms with Gasteiger partial charge in [0.05, 0.1) is 5.69 Å². The van der Waals surface area contributed by atoms with Crippen molar-refractivity contribution in [3.63, 3.8) is 0 Å². The molecule has 0 bridgehead atoms. The van der Waals surface area contributed by atoms with Gasteiger partial charge in [0.25, 0.3) is 0 Å². The summed E-state index contributed by atoms with van der Waals surface area (Å²) in [6.45, 7) is 0. The highest BCUT2D eigenvalue weighted by atomic mass is 19.1. The van der Waals surface area contributed by atoms with E-state index >= 15 is 0 Å². The van der Waals surface area contributed by atoms with Crippen molar-refractivity contribution in [2.45, 2.75) is 38.5 Å². The van der Waals surface area contributed by atoms with Gasteiger partial charge in [-0.2, -0.15) is 0 Å². The Labute approximate surface area is 101 Å². The minimum Gasteiger partial charge on any atom is -0.396 e. The largest absolute Gasteiger partial charge is 0.396 e. The number of carbonyl (C=O) groups excluding carboxylic acids is 1. The van der Waals surface area contributed by atoms with E-state index < -0.39 is 5.82 Å². The second-order valence-electron chi connectivity index (χ2n) is 4.79. The molecule has 0 radical (unpaired) electrons. The second kappa shape index (κ2) is 5.30. The molecule has 0 spiro atoms. The molecule has 0 unspecified atom stereocenters. The van der Waals surface area contributed by atoms with Crippen LogP contribution in [0.1, 0.15) is 48.9 Å². The lowest BCUT2D eigenvalue weighted by Gasteiger charge is -2.12. The molecule has 2 N–H and O–H groups in total. The van der Waals surface area contributed by atoms with E-state index in [9.17, 15) is 9.18 Å². The first-order valence-corrected chi connectivity index (χ1v) is 6.27. The van der Waals surface area contributed by atoms with Crippen molar-refractivity contribution >= 4 is 11.5 Å². The number of ketones is 1. The number of hydrogen-bond donors (Lipinski definition) is 1. The average molecular weight is 235 g/mol. The SMILES string of the molecule is Nc1ccc(C(=O)C2CCCCCC2)cc1F. The predicted octanol–water partition coefficient (Wildman–Crippen LogP) is 3.56. The standard InChI is InChI=1S/C14H18FNO/c15-12-9-11(7-8-13(12)16)14(17)10-5-3-1-2-4-6-10/h7-10H,1-6,16H2. The van der Waals surface area contributed by atoms with Crippen LogP contribution in [0.25, 0.3) is 0 Å². The maximum Gasteiger partial charge on any atom is 0.166 e. The Morgan fingerprint density at radius 1 is 1.18 bits per heavy atom. The Morgan fingerprint density at radius 2 is 1.82 bits per heavy atom. The summed E-state index contributed by atoms with van der Waals surface area (Å²) in [5, 5.41) is 0. The molecule has 17 heavy (non-hydrogen) atoms. The molecule has 92 valence electrons. The van der Waals surface area contributed by atoms with E-state index in [1.807, 2.05) is 0 Å². The molecular formula is C14H18FNO. The van der Waals surface area contributed by atoms with E-state index in [2.05, 4.69) is 0 Å². The summed E-state index contributed by atoms with van der Waals surface area (Å²) in [7, 11) is 0. The molecule has 0 aliphatic heterocycles. The molecule has 0 aromatic heterocycles. The number of hydrogen-bond acceptors (Lipinski definition) is 2. The average Bonchev–Trinajstić information content (AvgIpc) is 2.60. The molecule has 1 aliphatic rings. The number of rotatable bonds is 2. The van der Waals surface area contributed by atoms with Crippen LogP contribution in [0, 0.1) is 11.7 Å². The van der Waals surface area contributed by atoms with Crippen molar-refractivity contribution < 1.29 is 9.18 Å². The van der Waals surface area contributed by atoms with E-state index in [1.165, 1.54) is 25.0 Å². The number of nitrogens with two attached hydrogens (primary N) is 1. The lowest BCUT2D eigenvalue weighted by atomic mass is 9.91. The van der Waals surface area contributed by atoms with Gasteiger partial charge < -0.3 is 5.73 Å². The van der Waals surface area contributed by atoms with Crippen LogP contribution in [0.15, 0.2) is 18.2 Å². The summed E-state index contributed by atoms with van der Waals surface area (Å²) in [6, 6.07) is 4.37. The Bertz CT molecular complexity index is 409. The Balaban J connectivity index is 2.14. The van der Waals surface area contributed by atoms with Crippen LogP contribution in [0.3, 0.4) is 0 Å². The lowest BCUT2D eigenvalue weighted by Crippen LogP contribution is -2.14. The van der Waals surface area contributed by atoms with Crippen LogP contribution in [0.4, 0.5) is 10.1 Å². The summed E-state index contributed by atoms with van der Waals surface area (Å²) < 4.78 is 13.3. The lowest BCUT2D eigenvalue weighted by molar-refractivity contribution is 0.0907. The molecule has 1 aromatic carbocycles. The van der Waals surface area contributed by atoms with Crippen LogP contribution in [0.5, 0.6) is 0 Å². The van der Waals surface area contributed by atoms with E-state index in [0.717, 1.165) is 25.7 Å². The normalized spacial score (nSPS) is 17.7. The zero-order chi connectivity index (χ0) is 12.3. The van der Waals surface area contributed by atoms with Crippen molar-refractivity contribution in [2.24, 2.45) is 5.92 Å². The molecule has 0 amide bonds. The number of halogens is 1. The molecule has 2 rings (SSSR count). The molecule has 1 aromatic rings. The van der Waals surface area contributed by atoms with Crippen molar-refractivity contribution in [1.82, 2.24) is 0 Å². The molecule has 3 heteroatoms. The first-order valence-electron chi connectivity index (χ1n) is 6.27. The fourth-order valence-corrected chi connectivity index (χ4v) is 2.46. The van der Waals surface area contributed by atoms with Gasteiger partial charge >= 0.3 is 0 Å². The van der Waals surface area contributed by atoms with Crippen molar-refractivity contribution in [3.05, 3.63) is 29.6 Å². The van der Waals surface area contributed by atoms with E-state index in [-0.39, 0.29) is 17.4 Å². The highest BCUT2D eigenvalue weighted by Gasteiger charge is 2.21. The summed E-state index contributed by atoms with van der Waals surface area (Å²) in [5.41, 5.74) is 5.97. The molecule has 0 saturated heterocycles. The molecule has 1 saturated carbocycles. The topological polar surface area (TPSA) is 43.1 Å². The van der Waals surface area contributed by atoms with Gasteiger partial charge in [0, 0.05) is 11.5 Å². The van der Waals surface area contributed by atoms with Crippen LogP contribution >= 0.6 is 0 Å². The van der Waals surface area contributed by atoms with E-state index in [1.54, 1.807) is 6.07 Å². The van der Waals surface area contributed by atoms with Crippen LogP contribution in [0.2, 0.25) is 0 Å². The van der Waals surface area contributed by atoms with Gasteiger partial charge in [-0.25, -0.2) is 4.39 Å². The molecule has 0 heterocycles. The van der Waals surface area contributed by atoms with Crippen LogP contribution in [-0.4, -0.2) is 5.78 Å². The molecule has 2 nitrogen and oxygen atoms in total. The zero-order valence-electron chi connectivity index (χ0n) is 9.92. The minimum absolute atomic E-state index is 0.0699. The zero-order valence-corrected chi connectivity index (χ0v) is 9.92. The number of benzene rings is 1. The summed E-state index contributed by atoms with van der Waals surface area (Å²) in [6.07, 6.45) is 6.50. The summed E-state index contributed by atoms with van der Waals surface area (Å²) >= 11 is 0. The first-order chi connectivity index (χ1) is 8.18. The fraction of sp³-hybridized carbons (Fsp3) is 0.500. The second-order valence-corrected chi connectivity index (χ2v) is 4.79. The number of nitrogen functional groups attached to an aromatic ring is 1. The van der Waals surface area contributed by atoms with Gasteiger partial charge in [-0.05, 0) is 31.0 Å². The van der Waals surface area contributed by atoms with Crippen molar-refractivity contribution in [3.8, 4) is 0 Å². The highest BCUT2D eigenvalue weighted by Crippen LogP contribution is 2.26. The predicted molar refractivity (Wildman–Crippen MR) is 66.3 cm³/mol. The smallest absolute Gasteiger partial charge is 0.166 e. The van der Waals surface area contributed by atoms with Crippen LogP contribution < -0.4 is 5.73 Å². The Kier molecular flexibility index (Phi) is 3.77. The van der Waals surface area contributed by atoms with Crippen LogP contribution in [-0.2, 0) is 0 Å². The number of anilines is 1. The Morgan fingerprint density at radius 3 is 2.41 bits per heavy atom. The molecule has 1 fully saturated rings. The van der Waals surface area contributed by atoms with Crippen molar-refractivity contribution in [2.75, 3.05) is 5.73 Å². The molecule has 1 aliphatic carbocycles. The van der Waals surface area contributed by atoms with Crippen molar-refractivity contribution in [1.29, 1.82) is 0 Å². The monoisotopic (exact) mass is 235 g/mol. The number of Topliss-reactive ketones (excluding diaryl/α,β-unsaturated/α-hetero) is 1. The molecular weight excluding hydrogens is 217 g/mol. The molecule has 0 atom stereocenters. The maximum absolute atomic E-state index is 13.3. The number of carbonyl (C=O) groups is 1. The fourth-order valence-electron chi connectivity index (χ4n) is 2.46. The van der Waals surface area contributed by atoms with Gasteiger partial charge in [-0.3, -0.25) is 4.79 Å². The summed E-state index contributed by atoms with van der Waals surface area (Å²) in [5.74, 6) is -0.351. The Hall–Kier alpha value is -1.38. The quantitative estimate of drug-likeness (QED) is 0.484. The first kappa shape index (κ1) is 12.1. The third kappa shape index (κ3) is 2.84. The van der Waals surface area contributed by atoms with Gasteiger partial charge in [0.15, 0.2) is 5.78 Å². The van der Waals surface area contributed by atoms with E-state index in [0.29, 0.717) is 5.56 Å². The highest BCUT2D eigenvalue weighted by molar-refractivity contribution is 5.98. The van der Waals surface area contributed by atoms with E-state index in [4.69, 9.17) is 5.73 Å². The third-order valence-electron chi connectivity index (χ3n) is 3.51. The van der Waals surface area contributed by atoms with Gasteiger partial charge in [-0.1, -0.05) is 25.7 Å². The third-order valence-corrected chi connectivity index (χ3v) is 3.51. The summed E-state index contributed by atoms with van der Waals surface area (Å²) in [4.78, 5) is 12.2. The maximum atomic E-state index is 13.3.